The van der Waals surface area contributed by atoms with Crippen LogP contribution < -0.4 is 19.9 Å². The Morgan fingerprint density at radius 3 is 2.28 bits per heavy atom. The van der Waals surface area contributed by atoms with E-state index in [9.17, 15) is 8.42 Å². The van der Waals surface area contributed by atoms with Crippen LogP contribution in [0.2, 0.25) is 0 Å². The molecule has 0 saturated carbocycles. The lowest BCUT2D eigenvalue weighted by Gasteiger charge is -2.11. The first kappa shape index (κ1) is 21.2. The summed E-state index contributed by atoms with van der Waals surface area (Å²) >= 11 is 0. The standard InChI is InChI=1S/C17H22N2O4S.ClH/c1-22-15-6-5-14(17(11-15)23-2)12-19-10-9-13-3-7-16(8-4-13)24(18,20)21;/h3-8,11,19H,9-10,12H2,1-2H3,(H2,18,20,21);1H. The molecule has 0 radical (unpaired) electrons. The average Bonchev–Trinajstić information content (AvgIpc) is 2.58. The first-order valence-electron chi connectivity index (χ1n) is 7.47. The molecule has 0 aliphatic carbocycles. The van der Waals surface area contributed by atoms with Crippen molar-refractivity contribution >= 4 is 22.4 Å². The first-order valence-corrected chi connectivity index (χ1v) is 9.02. The van der Waals surface area contributed by atoms with E-state index in [-0.39, 0.29) is 17.3 Å². The van der Waals surface area contributed by atoms with Gasteiger partial charge in [0, 0.05) is 18.2 Å². The van der Waals surface area contributed by atoms with Crippen molar-refractivity contribution in [1.29, 1.82) is 0 Å². The molecule has 2 aromatic carbocycles. The van der Waals surface area contributed by atoms with E-state index in [4.69, 9.17) is 14.6 Å². The number of primary sulfonamides is 1. The van der Waals surface area contributed by atoms with Crippen LogP contribution in [0.4, 0.5) is 0 Å². The Morgan fingerprint density at radius 1 is 1.04 bits per heavy atom. The van der Waals surface area contributed by atoms with Gasteiger partial charge in [0.05, 0.1) is 19.1 Å². The number of sulfonamides is 1. The normalized spacial score (nSPS) is 10.8. The van der Waals surface area contributed by atoms with Crippen molar-refractivity contribution < 1.29 is 17.9 Å². The summed E-state index contributed by atoms with van der Waals surface area (Å²) in [4.78, 5) is 0.127. The summed E-state index contributed by atoms with van der Waals surface area (Å²) in [5.41, 5.74) is 2.08. The van der Waals surface area contributed by atoms with Crippen LogP contribution in [-0.2, 0) is 23.0 Å². The number of nitrogens with one attached hydrogen (secondary N) is 1. The summed E-state index contributed by atoms with van der Waals surface area (Å²) in [7, 11) is -0.385. The van der Waals surface area contributed by atoms with Gasteiger partial charge in [0.15, 0.2) is 0 Å². The van der Waals surface area contributed by atoms with Gasteiger partial charge >= 0.3 is 0 Å². The summed E-state index contributed by atoms with van der Waals surface area (Å²) in [5.74, 6) is 1.53. The fraction of sp³-hybridized carbons (Fsp3) is 0.294. The van der Waals surface area contributed by atoms with Gasteiger partial charge in [-0.1, -0.05) is 18.2 Å². The third-order valence-corrected chi connectivity index (χ3v) is 4.58. The Labute approximate surface area is 154 Å². The molecule has 0 heterocycles. The van der Waals surface area contributed by atoms with Crippen LogP contribution in [0.5, 0.6) is 11.5 Å². The Morgan fingerprint density at radius 2 is 1.72 bits per heavy atom. The lowest BCUT2D eigenvalue weighted by Crippen LogP contribution is -2.17. The maximum Gasteiger partial charge on any atom is 0.238 e. The van der Waals surface area contributed by atoms with Crippen LogP contribution in [0.25, 0.3) is 0 Å². The van der Waals surface area contributed by atoms with Crippen LogP contribution in [0.3, 0.4) is 0 Å². The number of rotatable bonds is 8. The zero-order valence-electron chi connectivity index (χ0n) is 14.2. The molecule has 6 nitrogen and oxygen atoms in total. The Kier molecular flexibility index (Phi) is 8.18. The summed E-state index contributed by atoms with van der Waals surface area (Å²) in [6.07, 6.45) is 0.781. The van der Waals surface area contributed by atoms with Gasteiger partial charge < -0.3 is 14.8 Å². The second-order valence-electron chi connectivity index (χ2n) is 5.29. The maximum absolute atomic E-state index is 11.2. The molecule has 3 N–H and O–H groups in total. The maximum atomic E-state index is 11.2. The molecule has 0 spiro atoms. The molecule has 0 aliphatic heterocycles. The molecule has 0 saturated heterocycles. The minimum Gasteiger partial charge on any atom is -0.497 e. The van der Waals surface area contributed by atoms with E-state index in [1.54, 1.807) is 26.4 Å². The van der Waals surface area contributed by atoms with Gasteiger partial charge in [-0.15, -0.1) is 12.4 Å². The van der Waals surface area contributed by atoms with Gasteiger partial charge in [0.25, 0.3) is 0 Å². The van der Waals surface area contributed by atoms with E-state index >= 15 is 0 Å². The van der Waals surface area contributed by atoms with E-state index in [0.717, 1.165) is 35.6 Å². The number of hydrogen-bond donors (Lipinski definition) is 2. The second-order valence-corrected chi connectivity index (χ2v) is 6.85. The van der Waals surface area contributed by atoms with Crippen LogP contribution in [0, 0.1) is 0 Å². The fourth-order valence-electron chi connectivity index (χ4n) is 2.30. The van der Waals surface area contributed by atoms with Gasteiger partial charge in [0.2, 0.25) is 10.0 Å². The summed E-state index contributed by atoms with van der Waals surface area (Å²) in [6, 6.07) is 12.3. The highest BCUT2D eigenvalue weighted by Crippen LogP contribution is 2.24. The quantitative estimate of drug-likeness (QED) is 0.678. The topological polar surface area (TPSA) is 90.6 Å². The van der Waals surface area contributed by atoms with E-state index in [2.05, 4.69) is 5.32 Å². The van der Waals surface area contributed by atoms with Gasteiger partial charge in [-0.05, 0) is 36.7 Å². The molecule has 0 bridgehead atoms. The van der Waals surface area contributed by atoms with Crippen molar-refractivity contribution in [1.82, 2.24) is 5.32 Å². The molecule has 2 aromatic rings. The van der Waals surface area contributed by atoms with Crippen LogP contribution in [0.15, 0.2) is 47.4 Å². The largest absolute Gasteiger partial charge is 0.497 e. The highest BCUT2D eigenvalue weighted by Gasteiger charge is 2.07. The molecule has 0 fully saturated rings. The van der Waals surface area contributed by atoms with Crippen LogP contribution in [-0.4, -0.2) is 29.2 Å². The van der Waals surface area contributed by atoms with Crippen molar-refractivity contribution in [3.8, 4) is 11.5 Å². The second kappa shape index (κ2) is 9.62. The molecular weight excluding hydrogens is 364 g/mol. The molecule has 2 rings (SSSR count). The van der Waals surface area contributed by atoms with Gasteiger partial charge in [-0.25, -0.2) is 13.6 Å². The smallest absolute Gasteiger partial charge is 0.238 e. The van der Waals surface area contributed by atoms with Gasteiger partial charge in [0.1, 0.15) is 11.5 Å². The van der Waals surface area contributed by atoms with Crippen LogP contribution in [0.1, 0.15) is 11.1 Å². The summed E-state index contributed by atoms with van der Waals surface area (Å²) in [6.45, 7) is 1.42. The Bertz CT molecular complexity index is 780. The monoisotopic (exact) mass is 386 g/mol. The van der Waals surface area contributed by atoms with Crippen LogP contribution >= 0.6 is 12.4 Å². The van der Waals surface area contributed by atoms with Crippen molar-refractivity contribution in [2.75, 3.05) is 20.8 Å². The number of ether oxygens (including phenoxy) is 2. The third-order valence-electron chi connectivity index (χ3n) is 3.65. The first-order chi connectivity index (χ1) is 11.4. The van der Waals surface area contributed by atoms with Crippen molar-refractivity contribution in [2.24, 2.45) is 5.14 Å². The summed E-state index contributed by atoms with van der Waals surface area (Å²) in [5, 5.41) is 8.42. The van der Waals surface area contributed by atoms with Crippen molar-refractivity contribution in [3.63, 3.8) is 0 Å². The predicted molar refractivity (Wildman–Crippen MR) is 100 cm³/mol. The Balaban J connectivity index is 0.00000312. The number of nitrogens with two attached hydrogens (primary N) is 1. The number of benzene rings is 2. The Hall–Kier alpha value is -1.80. The zero-order valence-corrected chi connectivity index (χ0v) is 15.8. The average molecular weight is 387 g/mol. The van der Waals surface area contributed by atoms with E-state index < -0.39 is 10.0 Å². The fourth-order valence-corrected chi connectivity index (χ4v) is 2.81. The summed E-state index contributed by atoms with van der Waals surface area (Å²) < 4.78 is 33.0. The number of halogens is 1. The molecule has 0 aliphatic rings. The molecule has 138 valence electrons. The third kappa shape index (κ3) is 6.21. The lowest BCUT2D eigenvalue weighted by atomic mass is 10.1. The minimum atomic E-state index is -3.63. The molecule has 0 aromatic heterocycles. The molecule has 0 unspecified atom stereocenters. The lowest BCUT2D eigenvalue weighted by molar-refractivity contribution is 0.390. The zero-order chi connectivity index (χ0) is 17.6. The van der Waals surface area contributed by atoms with E-state index in [0.29, 0.717) is 6.54 Å². The number of hydrogen-bond acceptors (Lipinski definition) is 5. The van der Waals surface area contributed by atoms with Gasteiger partial charge in [-0.2, -0.15) is 0 Å². The molecule has 25 heavy (non-hydrogen) atoms. The molecule has 8 heteroatoms. The minimum absolute atomic E-state index is 0. The highest BCUT2D eigenvalue weighted by molar-refractivity contribution is 7.89. The molecule has 0 amide bonds. The van der Waals surface area contributed by atoms with Crippen molar-refractivity contribution in [3.05, 3.63) is 53.6 Å². The van der Waals surface area contributed by atoms with Crippen molar-refractivity contribution in [2.45, 2.75) is 17.9 Å². The molecular formula is C17H23ClN2O4S. The highest BCUT2D eigenvalue weighted by atomic mass is 35.5. The van der Waals surface area contributed by atoms with E-state index in [1.165, 1.54) is 12.1 Å². The predicted octanol–water partition coefficient (Wildman–Crippen LogP) is 2.11. The number of methoxy groups -OCH3 is 2. The van der Waals surface area contributed by atoms with E-state index in [1.807, 2.05) is 18.2 Å². The molecule has 0 atom stereocenters. The van der Waals surface area contributed by atoms with Gasteiger partial charge in [-0.3, -0.25) is 0 Å². The SMILES string of the molecule is COc1ccc(CNCCc2ccc(S(N)(=O)=O)cc2)c(OC)c1.Cl.